The molecular weight excluding hydrogens is 382 g/mol. The van der Waals surface area contributed by atoms with Crippen LogP contribution in [0.4, 0.5) is 4.79 Å². The van der Waals surface area contributed by atoms with E-state index in [-0.39, 0.29) is 18.1 Å². The molecule has 2 aromatic rings. The molecule has 0 heterocycles. The fraction of sp³-hybridized carbons (Fsp3) is 0.536. The van der Waals surface area contributed by atoms with Crippen LogP contribution in [-0.4, -0.2) is 18.7 Å². The Hall–Kier alpha value is -2.29. The Kier molecular flexibility index (Phi) is 11.2. The molecule has 1 amide bonds. The summed E-state index contributed by atoms with van der Waals surface area (Å²) in [7, 11) is 0. The van der Waals surface area contributed by atoms with Gasteiger partial charge in [0.2, 0.25) is 0 Å². The third-order valence-corrected chi connectivity index (χ3v) is 6.11. The van der Waals surface area contributed by atoms with Crippen LogP contribution in [0.5, 0.6) is 0 Å². The Morgan fingerprint density at radius 2 is 1.52 bits per heavy atom. The number of hydrogen-bond acceptors (Lipinski definition) is 2. The van der Waals surface area contributed by atoms with Crippen LogP contribution in [0, 0.1) is 5.92 Å². The molecule has 2 atom stereocenters. The lowest BCUT2D eigenvalue weighted by molar-refractivity contribution is 0.0522. The molecule has 0 aliphatic rings. The van der Waals surface area contributed by atoms with Crippen molar-refractivity contribution >= 4 is 6.09 Å². The molecule has 0 bridgehead atoms. The number of ether oxygens (including phenoxy) is 1. The number of carbonyl (C=O) groups is 1. The number of rotatable bonds is 13. The summed E-state index contributed by atoms with van der Waals surface area (Å²) in [4.78, 5) is 12.8. The van der Waals surface area contributed by atoms with Crippen LogP contribution in [0.3, 0.4) is 0 Å². The lowest BCUT2D eigenvalue weighted by atomic mass is 9.87. The highest BCUT2D eigenvalue weighted by atomic mass is 16.6. The largest absolute Gasteiger partial charge is 0.446 e. The molecule has 0 spiro atoms. The van der Waals surface area contributed by atoms with Gasteiger partial charge in [-0.25, -0.2) is 4.79 Å². The first-order chi connectivity index (χ1) is 15.1. The van der Waals surface area contributed by atoms with Crippen molar-refractivity contribution in [1.82, 2.24) is 5.32 Å². The molecule has 31 heavy (non-hydrogen) atoms. The lowest BCUT2D eigenvalue weighted by Crippen LogP contribution is -2.35. The maximum absolute atomic E-state index is 12.8. The average Bonchev–Trinajstić information content (AvgIpc) is 2.79. The normalized spacial score (nSPS) is 13.1. The molecular formula is C28H41NO2. The van der Waals surface area contributed by atoms with E-state index >= 15 is 0 Å². The van der Waals surface area contributed by atoms with Gasteiger partial charge in [0.15, 0.2) is 0 Å². The molecule has 170 valence electrons. The molecule has 0 unspecified atom stereocenters. The summed E-state index contributed by atoms with van der Waals surface area (Å²) in [5.74, 6) is 0.555. The minimum absolute atomic E-state index is 0.0116. The number of amides is 1. The number of aryl methyl sites for hydroxylation is 1. The fourth-order valence-corrected chi connectivity index (χ4v) is 4.60. The maximum Gasteiger partial charge on any atom is 0.407 e. The van der Waals surface area contributed by atoms with Gasteiger partial charge in [-0.3, -0.25) is 0 Å². The highest BCUT2D eigenvalue weighted by Crippen LogP contribution is 2.28. The van der Waals surface area contributed by atoms with Crippen molar-refractivity contribution in [2.45, 2.75) is 84.7 Å². The van der Waals surface area contributed by atoms with E-state index in [9.17, 15) is 4.79 Å². The van der Waals surface area contributed by atoms with Gasteiger partial charge >= 0.3 is 6.09 Å². The highest BCUT2D eigenvalue weighted by Gasteiger charge is 2.24. The van der Waals surface area contributed by atoms with Gasteiger partial charge in [-0.2, -0.15) is 0 Å². The summed E-state index contributed by atoms with van der Waals surface area (Å²) in [5.41, 5.74) is 3.86. The molecule has 0 radical (unpaired) electrons. The lowest BCUT2D eigenvalue weighted by Gasteiger charge is -2.27. The summed E-state index contributed by atoms with van der Waals surface area (Å²) in [6, 6.07) is 19.1. The van der Waals surface area contributed by atoms with Crippen LogP contribution < -0.4 is 5.32 Å². The number of alkyl carbamates (subject to hydrolysis) is 1. The molecule has 0 aliphatic heterocycles. The Morgan fingerprint density at radius 1 is 0.871 bits per heavy atom. The first-order valence-corrected chi connectivity index (χ1v) is 12.2. The van der Waals surface area contributed by atoms with Crippen molar-refractivity contribution in [2.24, 2.45) is 5.92 Å². The van der Waals surface area contributed by atoms with Crippen LogP contribution in [0.25, 0.3) is 0 Å². The topological polar surface area (TPSA) is 38.3 Å². The second-order valence-electron chi connectivity index (χ2n) is 8.48. The van der Waals surface area contributed by atoms with Gasteiger partial charge in [-0.05, 0) is 48.3 Å². The summed E-state index contributed by atoms with van der Waals surface area (Å²) in [6.45, 7) is 9.26. The Labute approximate surface area is 189 Å². The van der Waals surface area contributed by atoms with Gasteiger partial charge in [0.25, 0.3) is 0 Å². The fourth-order valence-electron chi connectivity index (χ4n) is 4.60. The van der Waals surface area contributed by atoms with Crippen LogP contribution in [0.1, 0.15) is 88.8 Å². The predicted octanol–water partition coefficient (Wildman–Crippen LogP) is 7.49. The monoisotopic (exact) mass is 423 g/mol. The third-order valence-electron chi connectivity index (χ3n) is 6.11. The van der Waals surface area contributed by atoms with Gasteiger partial charge in [-0.1, -0.05) is 102 Å². The quantitative estimate of drug-likeness (QED) is 0.362. The molecule has 0 fully saturated rings. The summed E-state index contributed by atoms with van der Waals surface area (Å²) in [5, 5.41) is 3.09. The zero-order chi connectivity index (χ0) is 22.5. The number of nitrogens with one attached hydrogen (secondary N) is 1. The van der Waals surface area contributed by atoms with Crippen LogP contribution in [0.15, 0.2) is 54.6 Å². The molecule has 2 rings (SSSR count). The minimum atomic E-state index is -0.294. The van der Waals surface area contributed by atoms with Crippen molar-refractivity contribution < 1.29 is 9.53 Å². The van der Waals surface area contributed by atoms with Crippen molar-refractivity contribution in [3.63, 3.8) is 0 Å². The summed E-state index contributed by atoms with van der Waals surface area (Å²) in [6.07, 6.45) is 7.15. The maximum atomic E-state index is 12.8. The molecule has 3 nitrogen and oxygen atoms in total. The van der Waals surface area contributed by atoms with E-state index in [2.05, 4.69) is 81.5 Å². The summed E-state index contributed by atoms with van der Waals surface area (Å²) >= 11 is 0. The van der Waals surface area contributed by atoms with Crippen LogP contribution in [0.2, 0.25) is 0 Å². The van der Waals surface area contributed by atoms with E-state index in [1.54, 1.807) is 0 Å². The van der Waals surface area contributed by atoms with E-state index in [1.807, 2.05) is 6.07 Å². The first-order valence-electron chi connectivity index (χ1n) is 12.2. The van der Waals surface area contributed by atoms with Crippen molar-refractivity contribution in [3.8, 4) is 0 Å². The molecule has 1 N–H and O–H groups in total. The zero-order valence-corrected chi connectivity index (χ0v) is 19.9. The van der Waals surface area contributed by atoms with Crippen molar-refractivity contribution in [2.75, 3.05) is 6.54 Å². The van der Waals surface area contributed by atoms with Gasteiger partial charge in [0.05, 0.1) is 0 Å². The van der Waals surface area contributed by atoms with Crippen molar-refractivity contribution in [3.05, 3.63) is 71.3 Å². The Balaban J connectivity index is 2.14. The van der Waals surface area contributed by atoms with Gasteiger partial charge < -0.3 is 10.1 Å². The Morgan fingerprint density at radius 3 is 2.13 bits per heavy atom. The molecule has 0 aliphatic carbocycles. The highest BCUT2D eigenvalue weighted by molar-refractivity contribution is 5.67. The minimum Gasteiger partial charge on any atom is -0.446 e. The Bertz CT molecular complexity index is 753. The predicted molar refractivity (Wildman–Crippen MR) is 131 cm³/mol. The molecule has 2 aromatic carbocycles. The second-order valence-corrected chi connectivity index (χ2v) is 8.48. The third kappa shape index (κ3) is 7.72. The standard InChI is InChI=1S/C28H41NO2/c1-5-14-22-19-12-13-20-25(22)26(23-17-10-9-11-18-23)21-29-28(30)31-27(8-4)24(15-6-2)16-7-3/h9-13,17-20,24,26-27H,5-8,14-16,21H2,1-4H3,(H,29,30)/t26-,27-/m1/s1. The number of benzene rings is 2. The molecule has 0 saturated heterocycles. The van der Waals surface area contributed by atoms with Gasteiger partial charge in [0.1, 0.15) is 6.10 Å². The van der Waals surface area contributed by atoms with E-state index in [0.717, 1.165) is 44.9 Å². The number of carbonyl (C=O) groups excluding carboxylic acids is 1. The van der Waals surface area contributed by atoms with Crippen LogP contribution in [-0.2, 0) is 11.2 Å². The summed E-state index contributed by atoms with van der Waals surface area (Å²) < 4.78 is 5.92. The van der Waals surface area contributed by atoms with Crippen LogP contribution >= 0.6 is 0 Å². The average molecular weight is 424 g/mol. The second kappa shape index (κ2) is 13.9. The first kappa shape index (κ1) is 25.0. The van der Waals surface area contributed by atoms with E-state index in [1.165, 1.54) is 16.7 Å². The van der Waals surface area contributed by atoms with Gasteiger partial charge in [-0.15, -0.1) is 0 Å². The smallest absolute Gasteiger partial charge is 0.407 e. The molecule has 0 saturated carbocycles. The molecule has 3 heteroatoms. The number of hydrogen-bond donors (Lipinski definition) is 1. The zero-order valence-electron chi connectivity index (χ0n) is 19.9. The molecule has 0 aromatic heterocycles. The van der Waals surface area contributed by atoms with E-state index in [4.69, 9.17) is 4.74 Å². The van der Waals surface area contributed by atoms with E-state index in [0.29, 0.717) is 12.5 Å². The van der Waals surface area contributed by atoms with E-state index < -0.39 is 0 Å². The van der Waals surface area contributed by atoms with Crippen molar-refractivity contribution in [1.29, 1.82) is 0 Å². The van der Waals surface area contributed by atoms with Gasteiger partial charge in [0, 0.05) is 12.5 Å². The SMILES string of the molecule is CCCc1ccccc1[C@H](CNC(=O)O[C@H](CC)C(CCC)CCC)c1ccccc1.